The summed E-state index contributed by atoms with van der Waals surface area (Å²) in [6.45, 7) is 29.7. The van der Waals surface area contributed by atoms with Crippen molar-refractivity contribution in [2.75, 3.05) is 18.1 Å². The predicted octanol–water partition coefficient (Wildman–Crippen LogP) is 8.22. The molecule has 1 saturated carbocycles. The van der Waals surface area contributed by atoms with Crippen LogP contribution in [-0.4, -0.2) is 34.3 Å². The molecule has 5 radical (unpaired) electrons. The fourth-order valence-electron chi connectivity index (χ4n) is 4.08. The van der Waals surface area contributed by atoms with Crippen LogP contribution in [0.1, 0.15) is 23.1 Å². The van der Waals surface area contributed by atoms with Crippen LogP contribution in [0, 0.1) is 101 Å². The molecule has 5 heteroatoms. The molecule has 0 amide bonds. The molecule has 0 atom stereocenters. The molecule has 0 spiro atoms. The summed E-state index contributed by atoms with van der Waals surface area (Å²) in [6, 6.07) is 4.55. The van der Waals surface area contributed by atoms with Crippen LogP contribution in [0.4, 0.5) is 5.69 Å². The van der Waals surface area contributed by atoms with E-state index in [9.17, 15) is 0 Å². The topological polar surface area (TPSA) is 6.48 Å². The van der Waals surface area contributed by atoms with Crippen LogP contribution in [0.5, 0.6) is 0 Å². The maximum Gasteiger partial charge on any atom is 3.00 e. The molecule has 0 bridgehead atoms. The first-order valence-electron chi connectivity index (χ1n) is 12.7. The molecular weight excluding hydrogens is 631 g/mol. The maximum atomic E-state index is 3.91. The molecule has 3 aliphatic rings. The summed E-state index contributed by atoms with van der Waals surface area (Å²) in [7, 11) is -1.72. The number of anilines is 1. The minimum absolute atomic E-state index is 0. The normalized spacial score (nSPS) is 17.9. The van der Waals surface area contributed by atoms with Crippen LogP contribution in [0.2, 0.25) is 39.3 Å². The SMILES string of the molecule is Cc1cc(C)c(N2C=CN(CC[C]3[CH][CH][C]4C=CC=C[C]43)C2)c(C)c1.[CH2-][Si](C)(C)C.[CH2-][Si](C)(C)C.[Lu+3]. The van der Waals surface area contributed by atoms with Crippen molar-refractivity contribution in [2.45, 2.75) is 66.5 Å². The van der Waals surface area contributed by atoms with E-state index in [1.165, 1.54) is 40.1 Å². The molecule has 1 aromatic rings. The van der Waals surface area contributed by atoms with Crippen LogP contribution < -0.4 is 4.90 Å². The van der Waals surface area contributed by atoms with Crippen molar-refractivity contribution in [3.8, 4) is 0 Å². The number of fused-ring (bicyclic) bond motifs is 1. The fraction of sp³-hybridized carbons (Fsp3) is 0.387. The fourth-order valence-corrected chi connectivity index (χ4v) is 4.08. The molecule has 0 aromatic heterocycles. The van der Waals surface area contributed by atoms with Gasteiger partial charge in [0.25, 0.3) is 0 Å². The van der Waals surface area contributed by atoms with E-state index in [1.54, 1.807) is 0 Å². The Morgan fingerprint density at radius 3 is 1.89 bits per heavy atom. The van der Waals surface area contributed by atoms with Crippen molar-refractivity contribution < 1.29 is 36.9 Å². The molecule has 0 saturated heterocycles. The number of aryl methyl sites for hydroxylation is 3. The number of rotatable bonds is 4. The van der Waals surface area contributed by atoms with Crippen LogP contribution in [-0.2, 0) is 0 Å². The van der Waals surface area contributed by atoms with E-state index >= 15 is 0 Å². The zero-order valence-corrected chi connectivity index (χ0v) is 27.6. The van der Waals surface area contributed by atoms with E-state index in [-0.39, 0.29) is 36.9 Å². The zero-order valence-electron chi connectivity index (χ0n) is 24.0. The van der Waals surface area contributed by atoms with Crippen molar-refractivity contribution in [1.82, 2.24) is 4.90 Å². The molecule has 1 heterocycles. The van der Waals surface area contributed by atoms with Gasteiger partial charge in [0.05, 0.1) is 6.67 Å². The van der Waals surface area contributed by atoms with Gasteiger partial charge in [-0.1, -0.05) is 81.3 Å². The Morgan fingerprint density at radius 1 is 0.806 bits per heavy atom. The van der Waals surface area contributed by atoms with Gasteiger partial charge < -0.3 is 22.9 Å². The second-order valence-electron chi connectivity index (χ2n) is 12.3. The molecule has 0 N–H and O–H groups in total. The van der Waals surface area contributed by atoms with Crippen LogP contribution in [0.3, 0.4) is 0 Å². The van der Waals surface area contributed by atoms with Crippen molar-refractivity contribution in [3.05, 3.63) is 109 Å². The maximum absolute atomic E-state index is 3.91. The zero-order chi connectivity index (χ0) is 26.4. The molecule has 1 aromatic carbocycles. The van der Waals surface area contributed by atoms with Gasteiger partial charge in [0.15, 0.2) is 0 Å². The van der Waals surface area contributed by atoms with E-state index < -0.39 is 16.1 Å². The molecule has 2 nitrogen and oxygen atoms in total. The summed E-state index contributed by atoms with van der Waals surface area (Å²) < 4.78 is 0. The molecule has 4 rings (SSSR count). The largest absolute Gasteiger partial charge is 3.00 e. The van der Waals surface area contributed by atoms with Crippen LogP contribution in [0.15, 0.2) is 48.8 Å². The van der Waals surface area contributed by atoms with E-state index in [2.05, 4.69) is 145 Å². The van der Waals surface area contributed by atoms with E-state index in [4.69, 9.17) is 0 Å². The van der Waals surface area contributed by atoms with Gasteiger partial charge in [-0.2, -0.15) is 0 Å². The third-order valence-corrected chi connectivity index (χ3v) is 5.15. The number of allylic oxidation sites excluding steroid dienone is 4. The van der Waals surface area contributed by atoms with Crippen molar-refractivity contribution in [2.24, 2.45) is 0 Å². The van der Waals surface area contributed by atoms with Crippen molar-refractivity contribution >= 4 is 21.8 Å². The first-order valence-corrected chi connectivity index (χ1v) is 20.1. The third kappa shape index (κ3) is 12.5. The van der Waals surface area contributed by atoms with Gasteiger partial charge in [-0.3, -0.25) is 0 Å². The summed E-state index contributed by atoms with van der Waals surface area (Å²) in [5.74, 6) is 4.19. The third-order valence-electron chi connectivity index (χ3n) is 5.15. The quantitative estimate of drug-likeness (QED) is 0.234. The molecule has 2 aliphatic carbocycles. The summed E-state index contributed by atoms with van der Waals surface area (Å²) in [5, 5.41) is 0. The average Bonchev–Trinajstić information content (AvgIpc) is 3.30. The molecule has 36 heavy (non-hydrogen) atoms. The average molecular weight is 679 g/mol. The Labute approximate surface area is 255 Å². The van der Waals surface area contributed by atoms with Gasteiger partial charge >= 0.3 is 36.9 Å². The van der Waals surface area contributed by atoms with Crippen LogP contribution >= 0.6 is 0 Å². The second kappa shape index (κ2) is 14.7. The predicted molar refractivity (Wildman–Crippen MR) is 162 cm³/mol. The summed E-state index contributed by atoms with van der Waals surface area (Å²) in [6.07, 6.45) is 18.7. The molecule has 0 unspecified atom stereocenters. The molecule has 203 valence electrons. The van der Waals surface area contributed by atoms with Gasteiger partial charge in [-0.25, -0.2) is 0 Å². The van der Waals surface area contributed by atoms with Crippen molar-refractivity contribution in [1.29, 1.82) is 0 Å². The standard InChI is InChI=1S/C23H25N2.2C4H11Si.Lu/c1-17-14-18(2)23(19(3)15-17)25-13-12-24(16-25)11-10-21-9-8-20-6-4-5-7-22(20)21;2*1-5(2,3)4;/h4-9,12-15H,10-11,16H2,1-3H3;2*1H2,2-4H3;/q;2*-1;+3. The Kier molecular flexibility index (Phi) is 13.8. The molecule has 1 aliphatic heterocycles. The summed E-state index contributed by atoms with van der Waals surface area (Å²) in [5.41, 5.74) is 5.39. The minimum atomic E-state index is -0.861. The summed E-state index contributed by atoms with van der Waals surface area (Å²) in [4.78, 5) is 4.77. The monoisotopic (exact) mass is 678 g/mol. The minimum Gasteiger partial charge on any atom is -0.358 e. The Morgan fingerprint density at radius 2 is 1.33 bits per heavy atom. The number of nitrogens with zero attached hydrogens (tertiary/aromatic N) is 2. The van der Waals surface area contributed by atoms with Gasteiger partial charge in [-0.05, 0) is 57.1 Å². The van der Waals surface area contributed by atoms with Crippen molar-refractivity contribution in [3.63, 3.8) is 0 Å². The number of hydrogen-bond acceptors (Lipinski definition) is 2. The second-order valence-corrected chi connectivity index (χ2v) is 22.5. The summed E-state index contributed by atoms with van der Waals surface area (Å²) >= 11 is 0. The van der Waals surface area contributed by atoms with Gasteiger partial charge in [0.2, 0.25) is 0 Å². The van der Waals surface area contributed by atoms with Gasteiger partial charge in [0.1, 0.15) is 0 Å². The Bertz CT molecular complexity index is 861. The number of hydrogen-bond donors (Lipinski definition) is 0. The first kappa shape index (κ1) is 33.7. The molecular formula is C31H47LuN2Si2+. The van der Waals surface area contributed by atoms with Gasteiger partial charge in [-0.15, -0.1) is 16.1 Å². The number of benzene rings is 1. The van der Waals surface area contributed by atoms with E-state index in [0.29, 0.717) is 0 Å². The smallest absolute Gasteiger partial charge is 0.358 e. The van der Waals surface area contributed by atoms with E-state index in [0.717, 1.165) is 19.6 Å². The Hall–Kier alpha value is -0.292. The van der Waals surface area contributed by atoms with E-state index in [1.807, 2.05) is 0 Å². The Balaban J connectivity index is 0.000000505. The molecule has 1 fully saturated rings. The van der Waals surface area contributed by atoms with Crippen LogP contribution in [0.25, 0.3) is 0 Å². The van der Waals surface area contributed by atoms with Gasteiger partial charge in [0, 0.05) is 36.5 Å². The first-order chi connectivity index (χ1) is 16.1.